The summed E-state index contributed by atoms with van der Waals surface area (Å²) < 4.78 is 15.9. The minimum Gasteiger partial charge on any atom is -0.497 e. The molecule has 2 aromatic rings. The number of carbonyl (C=O) groups excluding carboxylic acids is 2. The smallest absolute Gasteiger partial charge is 0.343 e. The van der Waals surface area contributed by atoms with E-state index in [2.05, 4.69) is 17.5 Å². The number of benzene rings is 2. The van der Waals surface area contributed by atoms with E-state index in [9.17, 15) is 9.59 Å². The van der Waals surface area contributed by atoms with E-state index in [1.54, 1.807) is 49.6 Å². The van der Waals surface area contributed by atoms with Gasteiger partial charge in [-0.3, -0.25) is 4.79 Å². The molecule has 0 aliphatic heterocycles. The lowest BCUT2D eigenvalue weighted by Gasteiger charge is -2.10. The van der Waals surface area contributed by atoms with Crippen molar-refractivity contribution in [3.8, 4) is 17.2 Å². The number of rotatable bonds is 16. The van der Waals surface area contributed by atoms with Crippen LogP contribution in [0.1, 0.15) is 87.1 Å². The lowest BCUT2D eigenvalue weighted by atomic mass is 10.1. The van der Waals surface area contributed by atoms with Gasteiger partial charge in [0.1, 0.15) is 5.75 Å². The van der Waals surface area contributed by atoms with Crippen molar-refractivity contribution in [3.63, 3.8) is 0 Å². The lowest BCUT2D eigenvalue weighted by molar-refractivity contribution is -0.121. The molecule has 0 heterocycles. The van der Waals surface area contributed by atoms with Gasteiger partial charge in [0.2, 0.25) is 5.91 Å². The van der Waals surface area contributed by atoms with Crippen LogP contribution in [0.3, 0.4) is 0 Å². The predicted molar refractivity (Wildman–Crippen MR) is 139 cm³/mol. The van der Waals surface area contributed by atoms with Gasteiger partial charge in [0, 0.05) is 6.42 Å². The van der Waals surface area contributed by atoms with Crippen LogP contribution in [0.2, 0.25) is 0 Å². The third-order valence-electron chi connectivity index (χ3n) is 5.63. The lowest BCUT2D eigenvalue weighted by Crippen LogP contribution is -2.16. The van der Waals surface area contributed by atoms with Gasteiger partial charge in [-0.15, -0.1) is 0 Å². The molecule has 0 saturated heterocycles. The number of amides is 1. The first-order chi connectivity index (χ1) is 17.1. The maximum absolute atomic E-state index is 12.4. The molecule has 1 amide bonds. The Hall–Kier alpha value is -3.35. The second-order valence-corrected chi connectivity index (χ2v) is 8.40. The van der Waals surface area contributed by atoms with E-state index in [0.717, 1.165) is 12.8 Å². The fourth-order valence-corrected chi connectivity index (χ4v) is 3.57. The Labute approximate surface area is 208 Å². The summed E-state index contributed by atoms with van der Waals surface area (Å²) in [6.45, 7) is 2.23. The third-order valence-corrected chi connectivity index (χ3v) is 5.63. The maximum atomic E-state index is 12.4. The number of carbonyl (C=O) groups is 2. The number of nitrogens with zero attached hydrogens (tertiary/aromatic N) is 1. The SMILES string of the molecule is CCCCCCCCCCCC(=O)NN=Cc1ccc(OC(=O)c2ccc(OC)cc2)c(OC)c1. The molecule has 0 aliphatic rings. The average Bonchev–Trinajstić information content (AvgIpc) is 2.88. The van der Waals surface area contributed by atoms with E-state index in [-0.39, 0.29) is 5.91 Å². The van der Waals surface area contributed by atoms with Crippen LogP contribution in [0.15, 0.2) is 47.6 Å². The van der Waals surface area contributed by atoms with Gasteiger partial charge in [-0.2, -0.15) is 5.10 Å². The van der Waals surface area contributed by atoms with Crippen LogP contribution < -0.4 is 19.6 Å². The van der Waals surface area contributed by atoms with Gasteiger partial charge >= 0.3 is 5.97 Å². The van der Waals surface area contributed by atoms with Crippen LogP contribution in [0.25, 0.3) is 0 Å². The molecule has 0 unspecified atom stereocenters. The molecule has 0 aromatic heterocycles. The molecule has 35 heavy (non-hydrogen) atoms. The highest BCUT2D eigenvalue weighted by Gasteiger charge is 2.13. The Morgan fingerprint density at radius 1 is 0.829 bits per heavy atom. The highest BCUT2D eigenvalue weighted by molar-refractivity contribution is 5.91. The first-order valence-corrected chi connectivity index (χ1v) is 12.4. The first-order valence-electron chi connectivity index (χ1n) is 12.4. The number of esters is 1. The summed E-state index contributed by atoms with van der Waals surface area (Å²) in [6, 6.07) is 11.7. The second kappa shape index (κ2) is 16.3. The molecule has 190 valence electrons. The molecule has 0 aliphatic carbocycles. The number of hydrogen-bond donors (Lipinski definition) is 1. The minimum absolute atomic E-state index is 0.0961. The van der Waals surface area contributed by atoms with Crippen molar-refractivity contribution in [2.45, 2.75) is 71.1 Å². The molecule has 7 nitrogen and oxygen atoms in total. The summed E-state index contributed by atoms with van der Waals surface area (Å²) >= 11 is 0. The molecular formula is C28H38N2O5. The van der Waals surface area contributed by atoms with Gasteiger partial charge in [-0.25, -0.2) is 10.2 Å². The average molecular weight is 483 g/mol. The van der Waals surface area contributed by atoms with Crippen LogP contribution in [0.4, 0.5) is 0 Å². The third kappa shape index (κ3) is 10.6. The summed E-state index contributed by atoms with van der Waals surface area (Å²) in [5, 5.41) is 4.03. The van der Waals surface area contributed by atoms with Crippen LogP contribution in [0.5, 0.6) is 17.2 Å². The zero-order valence-corrected chi connectivity index (χ0v) is 21.2. The quantitative estimate of drug-likeness (QED) is 0.0998. The topological polar surface area (TPSA) is 86.2 Å². The molecule has 0 atom stereocenters. The van der Waals surface area contributed by atoms with Gasteiger partial charge in [-0.1, -0.05) is 58.3 Å². The Balaban J connectivity index is 1.75. The highest BCUT2D eigenvalue weighted by Crippen LogP contribution is 2.28. The van der Waals surface area contributed by atoms with Crippen LogP contribution in [-0.2, 0) is 4.79 Å². The number of unbranched alkanes of at least 4 members (excludes halogenated alkanes) is 8. The van der Waals surface area contributed by atoms with Crippen molar-refractivity contribution in [1.82, 2.24) is 5.43 Å². The summed E-state index contributed by atoms with van der Waals surface area (Å²) in [5.74, 6) is 0.733. The second-order valence-electron chi connectivity index (χ2n) is 8.40. The Morgan fingerprint density at radius 2 is 1.49 bits per heavy atom. The molecular weight excluding hydrogens is 444 g/mol. The van der Waals surface area contributed by atoms with Crippen molar-refractivity contribution in [3.05, 3.63) is 53.6 Å². The van der Waals surface area contributed by atoms with Gasteiger partial charge in [-0.05, 0) is 54.4 Å². The van der Waals surface area contributed by atoms with E-state index >= 15 is 0 Å². The molecule has 2 aromatic carbocycles. The van der Waals surface area contributed by atoms with Gasteiger partial charge in [0.05, 0.1) is 26.0 Å². The number of hydrogen-bond acceptors (Lipinski definition) is 6. The number of methoxy groups -OCH3 is 2. The molecule has 7 heteroatoms. The van der Waals surface area contributed by atoms with E-state index in [1.807, 2.05) is 0 Å². The van der Waals surface area contributed by atoms with E-state index in [0.29, 0.717) is 34.8 Å². The monoisotopic (exact) mass is 482 g/mol. The van der Waals surface area contributed by atoms with Gasteiger partial charge in [0.15, 0.2) is 11.5 Å². The molecule has 0 spiro atoms. The number of ether oxygens (including phenoxy) is 3. The van der Waals surface area contributed by atoms with Crippen molar-refractivity contribution in [2.24, 2.45) is 5.10 Å². The summed E-state index contributed by atoms with van der Waals surface area (Å²) in [6.07, 6.45) is 12.9. The Morgan fingerprint density at radius 3 is 2.11 bits per heavy atom. The molecule has 0 fully saturated rings. The van der Waals surface area contributed by atoms with Gasteiger partial charge in [0.25, 0.3) is 0 Å². The zero-order chi connectivity index (χ0) is 25.3. The van der Waals surface area contributed by atoms with Crippen LogP contribution in [-0.4, -0.2) is 32.3 Å². The standard InChI is InChI=1S/C28H38N2O5/c1-4-5-6-7-8-9-10-11-12-13-27(31)30-29-21-22-14-19-25(26(20-22)34-3)35-28(32)23-15-17-24(33-2)18-16-23/h14-21H,4-13H2,1-3H3,(H,30,31). The minimum atomic E-state index is -0.504. The van der Waals surface area contributed by atoms with Crippen molar-refractivity contribution in [1.29, 1.82) is 0 Å². The summed E-state index contributed by atoms with van der Waals surface area (Å²) in [4.78, 5) is 24.4. The van der Waals surface area contributed by atoms with Crippen LogP contribution >= 0.6 is 0 Å². The normalized spacial score (nSPS) is 10.8. The largest absolute Gasteiger partial charge is 0.497 e. The van der Waals surface area contributed by atoms with E-state index in [1.165, 1.54) is 58.3 Å². The highest BCUT2D eigenvalue weighted by atomic mass is 16.6. The van der Waals surface area contributed by atoms with Crippen molar-refractivity contribution in [2.75, 3.05) is 14.2 Å². The molecule has 0 saturated carbocycles. The molecule has 0 bridgehead atoms. The van der Waals surface area contributed by atoms with Crippen molar-refractivity contribution < 1.29 is 23.8 Å². The fraction of sp³-hybridized carbons (Fsp3) is 0.464. The first kappa shape index (κ1) is 27.9. The zero-order valence-electron chi connectivity index (χ0n) is 21.2. The molecule has 0 radical (unpaired) electrons. The summed E-state index contributed by atoms with van der Waals surface area (Å²) in [5.41, 5.74) is 3.67. The van der Waals surface area contributed by atoms with Crippen LogP contribution in [0, 0.1) is 0 Å². The molecule has 1 N–H and O–H groups in total. The van der Waals surface area contributed by atoms with Crippen molar-refractivity contribution >= 4 is 18.1 Å². The van der Waals surface area contributed by atoms with Gasteiger partial charge < -0.3 is 14.2 Å². The number of nitrogens with one attached hydrogen (secondary N) is 1. The maximum Gasteiger partial charge on any atom is 0.343 e. The summed E-state index contributed by atoms with van der Waals surface area (Å²) in [7, 11) is 3.06. The Bertz CT molecular complexity index is 941. The van der Waals surface area contributed by atoms with E-state index in [4.69, 9.17) is 14.2 Å². The number of hydrazone groups is 1. The Kier molecular flexibility index (Phi) is 13.0. The molecule has 2 rings (SSSR count). The predicted octanol–water partition coefficient (Wildman–Crippen LogP) is 6.29. The fourth-order valence-electron chi connectivity index (χ4n) is 3.57. The van der Waals surface area contributed by atoms with E-state index < -0.39 is 5.97 Å².